The lowest BCUT2D eigenvalue weighted by atomic mass is 10.1. The standard InChI is InChI=1S/C15H23NO/c1-13-11-16(12-14(2)17-13)10-6-9-15-7-4-3-5-8-15/h3-5,7-8,13-14H,6,9-12H2,1-2H3/t13-,14-/m0/s1. The Morgan fingerprint density at radius 1 is 1.12 bits per heavy atom. The molecule has 94 valence electrons. The highest BCUT2D eigenvalue weighted by Crippen LogP contribution is 2.11. The molecular weight excluding hydrogens is 210 g/mol. The van der Waals surface area contributed by atoms with Crippen LogP contribution in [0.2, 0.25) is 0 Å². The van der Waals surface area contributed by atoms with Crippen LogP contribution in [0.3, 0.4) is 0 Å². The van der Waals surface area contributed by atoms with E-state index in [1.807, 2.05) is 0 Å². The van der Waals surface area contributed by atoms with Crippen molar-refractivity contribution in [1.82, 2.24) is 4.90 Å². The van der Waals surface area contributed by atoms with Gasteiger partial charge in [0.25, 0.3) is 0 Å². The third kappa shape index (κ3) is 4.14. The second-order valence-electron chi connectivity index (χ2n) is 5.11. The van der Waals surface area contributed by atoms with Gasteiger partial charge in [-0.25, -0.2) is 0 Å². The molecule has 0 aliphatic carbocycles. The summed E-state index contributed by atoms with van der Waals surface area (Å²) in [5.74, 6) is 0. The van der Waals surface area contributed by atoms with E-state index in [0.29, 0.717) is 12.2 Å². The summed E-state index contributed by atoms with van der Waals surface area (Å²) in [5, 5.41) is 0. The molecule has 1 aromatic rings. The van der Waals surface area contributed by atoms with Crippen LogP contribution >= 0.6 is 0 Å². The summed E-state index contributed by atoms with van der Waals surface area (Å²) in [7, 11) is 0. The topological polar surface area (TPSA) is 12.5 Å². The van der Waals surface area contributed by atoms with Crippen molar-refractivity contribution in [2.24, 2.45) is 0 Å². The minimum atomic E-state index is 0.385. The van der Waals surface area contributed by atoms with Gasteiger partial charge in [-0.3, -0.25) is 4.90 Å². The normalized spacial score (nSPS) is 26.0. The third-order valence-electron chi connectivity index (χ3n) is 3.28. The number of hydrogen-bond acceptors (Lipinski definition) is 2. The summed E-state index contributed by atoms with van der Waals surface area (Å²) in [6, 6.07) is 10.7. The van der Waals surface area contributed by atoms with Gasteiger partial charge in [0.2, 0.25) is 0 Å². The van der Waals surface area contributed by atoms with Gasteiger partial charge < -0.3 is 4.74 Å². The molecule has 1 aromatic carbocycles. The minimum Gasteiger partial charge on any atom is -0.373 e. The number of aryl methyl sites for hydroxylation is 1. The molecule has 2 heteroatoms. The maximum atomic E-state index is 5.74. The van der Waals surface area contributed by atoms with Crippen LogP contribution in [0.1, 0.15) is 25.8 Å². The Balaban J connectivity index is 1.71. The smallest absolute Gasteiger partial charge is 0.0678 e. The zero-order valence-corrected chi connectivity index (χ0v) is 10.9. The summed E-state index contributed by atoms with van der Waals surface area (Å²) < 4.78 is 5.74. The van der Waals surface area contributed by atoms with Gasteiger partial charge in [-0.2, -0.15) is 0 Å². The summed E-state index contributed by atoms with van der Waals surface area (Å²) >= 11 is 0. The first-order valence-electron chi connectivity index (χ1n) is 6.66. The Hall–Kier alpha value is -0.860. The fourth-order valence-electron chi connectivity index (χ4n) is 2.62. The number of rotatable bonds is 4. The van der Waals surface area contributed by atoms with Crippen LogP contribution in [0.15, 0.2) is 30.3 Å². The van der Waals surface area contributed by atoms with Gasteiger partial charge in [0.05, 0.1) is 12.2 Å². The van der Waals surface area contributed by atoms with Crippen LogP contribution in [0.4, 0.5) is 0 Å². The van der Waals surface area contributed by atoms with E-state index in [9.17, 15) is 0 Å². The van der Waals surface area contributed by atoms with E-state index in [1.165, 1.54) is 24.9 Å². The van der Waals surface area contributed by atoms with E-state index in [4.69, 9.17) is 4.74 Å². The zero-order valence-electron chi connectivity index (χ0n) is 10.9. The molecule has 0 saturated carbocycles. The summed E-state index contributed by atoms with van der Waals surface area (Å²) in [5.41, 5.74) is 1.45. The lowest BCUT2D eigenvalue weighted by molar-refractivity contribution is -0.0680. The molecule has 0 aromatic heterocycles. The number of morpholine rings is 1. The Bertz CT molecular complexity index is 315. The molecule has 2 rings (SSSR count). The molecule has 0 radical (unpaired) electrons. The summed E-state index contributed by atoms with van der Waals surface area (Å²) in [4.78, 5) is 2.53. The van der Waals surface area contributed by atoms with Crippen molar-refractivity contribution in [2.45, 2.75) is 38.9 Å². The van der Waals surface area contributed by atoms with Crippen LogP contribution in [0.25, 0.3) is 0 Å². The van der Waals surface area contributed by atoms with Gasteiger partial charge in [0.1, 0.15) is 0 Å². The number of nitrogens with zero attached hydrogens (tertiary/aromatic N) is 1. The lowest BCUT2D eigenvalue weighted by Crippen LogP contribution is -2.45. The van der Waals surface area contributed by atoms with Gasteiger partial charge >= 0.3 is 0 Å². The van der Waals surface area contributed by atoms with Crippen LogP contribution in [-0.2, 0) is 11.2 Å². The second kappa shape index (κ2) is 6.18. The highest BCUT2D eigenvalue weighted by atomic mass is 16.5. The predicted octanol–water partition coefficient (Wildman–Crippen LogP) is 2.73. The Kier molecular flexibility index (Phi) is 4.57. The molecule has 1 saturated heterocycles. The van der Waals surface area contributed by atoms with Crippen molar-refractivity contribution < 1.29 is 4.74 Å². The predicted molar refractivity (Wildman–Crippen MR) is 71.2 cm³/mol. The van der Waals surface area contributed by atoms with E-state index in [0.717, 1.165) is 13.1 Å². The second-order valence-corrected chi connectivity index (χ2v) is 5.11. The van der Waals surface area contributed by atoms with Gasteiger partial charge in [0.15, 0.2) is 0 Å². The molecule has 0 N–H and O–H groups in total. The Labute approximate surface area is 105 Å². The quantitative estimate of drug-likeness (QED) is 0.793. The lowest BCUT2D eigenvalue weighted by Gasteiger charge is -2.35. The van der Waals surface area contributed by atoms with Gasteiger partial charge in [-0.1, -0.05) is 30.3 Å². The molecule has 1 fully saturated rings. The van der Waals surface area contributed by atoms with Crippen molar-refractivity contribution >= 4 is 0 Å². The van der Waals surface area contributed by atoms with Crippen LogP contribution in [0, 0.1) is 0 Å². The van der Waals surface area contributed by atoms with Gasteiger partial charge in [0, 0.05) is 13.1 Å². The van der Waals surface area contributed by atoms with E-state index in [1.54, 1.807) is 0 Å². The van der Waals surface area contributed by atoms with Crippen LogP contribution in [0.5, 0.6) is 0 Å². The van der Waals surface area contributed by atoms with Crippen molar-refractivity contribution in [3.05, 3.63) is 35.9 Å². The van der Waals surface area contributed by atoms with Crippen molar-refractivity contribution in [2.75, 3.05) is 19.6 Å². The molecule has 17 heavy (non-hydrogen) atoms. The summed E-state index contributed by atoms with van der Waals surface area (Å²) in [6.07, 6.45) is 3.19. The van der Waals surface area contributed by atoms with Crippen LogP contribution < -0.4 is 0 Å². The molecule has 1 aliphatic heterocycles. The van der Waals surface area contributed by atoms with Crippen molar-refractivity contribution in [3.63, 3.8) is 0 Å². The average molecular weight is 233 g/mol. The molecular formula is C15H23NO. The number of hydrogen-bond donors (Lipinski definition) is 0. The van der Waals surface area contributed by atoms with E-state index >= 15 is 0 Å². The fourth-order valence-corrected chi connectivity index (χ4v) is 2.62. The first-order chi connectivity index (χ1) is 8.24. The number of ether oxygens (including phenoxy) is 1. The van der Waals surface area contributed by atoms with Gasteiger partial charge in [-0.15, -0.1) is 0 Å². The fraction of sp³-hybridized carbons (Fsp3) is 0.600. The first kappa shape index (κ1) is 12.6. The van der Waals surface area contributed by atoms with Gasteiger partial charge in [-0.05, 0) is 38.8 Å². The molecule has 0 unspecified atom stereocenters. The van der Waals surface area contributed by atoms with E-state index < -0.39 is 0 Å². The minimum absolute atomic E-state index is 0.385. The zero-order chi connectivity index (χ0) is 12.1. The molecule has 1 aliphatic rings. The average Bonchev–Trinajstić information content (AvgIpc) is 2.29. The highest BCUT2D eigenvalue weighted by Gasteiger charge is 2.21. The molecule has 1 heterocycles. The van der Waals surface area contributed by atoms with Crippen molar-refractivity contribution in [1.29, 1.82) is 0 Å². The van der Waals surface area contributed by atoms with Crippen LogP contribution in [-0.4, -0.2) is 36.7 Å². The first-order valence-corrected chi connectivity index (χ1v) is 6.66. The summed E-state index contributed by atoms with van der Waals surface area (Å²) in [6.45, 7) is 7.69. The van der Waals surface area contributed by atoms with E-state index in [2.05, 4.69) is 49.1 Å². The maximum Gasteiger partial charge on any atom is 0.0678 e. The molecule has 2 atom stereocenters. The van der Waals surface area contributed by atoms with Crippen molar-refractivity contribution in [3.8, 4) is 0 Å². The Morgan fingerprint density at radius 2 is 1.76 bits per heavy atom. The Morgan fingerprint density at radius 3 is 2.41 bits per heavy atom. The SMILES string of the molecule is C[C@H]1CN(CCCc2ccccc2)C[C@H](C)O1. The molecule has 2 nitrogen and oxygen atoms in total. The third-order valence-corrected chi connectivity index (χ3v) is 3.28. The highest BCUT2D eigenvalue weighted by molar-refractivity contribution is 5.14. The number of benzene rings is 1. The molecule has 0 spiro atoms. The monoisotopic (exact) mass is 233 g/mol. The molecule has 0 amide bonds. The maximum absolute atomic E-state index is 5.74. The largest absolute Gasteiger partial charge is 0.373 e. The molecule has 0 bridgehead atoms. The van der Waals surface area contributed by atoms with E-state index in [-0.39, 0.29) is 0 Å².